The molecular formula is C18H19ClN2O4S. The largest absolute Gasteiger partial charge is 0.489 e. The standard InChI is InChI=1S/C18H19ClN2O4S/c1-3-10-25-17-9-5-7-15(12-17)20-18(22)13-21(26(2,23)24)16-8-4-6-14(19)11-16/h3-9,11-12H,1,10,13H2,2H3,(H,20,22). The summed E-state index contributed by atoms with van der Waals surface area (Å²) in [7, 11) is -3.66. The average molecular weight is 395 g/mol. The van der Waals surface area contributed by atoms with Gasteiger partial charge in [-0.1, -0.05) is 36.4 Å². The van der Waals surface area contributed by atoms with E-state index in [0.29, 0.717) is 28.8 Å². The molecule has 138 valence electrons. The molecule has 2 rings (SSSR count). The van der Waals surface area contributed by atoms with Crippen LogP contribution in [0.2, 0.25) is 5.02 Å². The Morgan fingerprint density at radius 2 is 2.00 bits per heavy atom. The maximum absolute atomic E-state index is 12.3. The Balaban J connectivity index is 2.14. The molecule has 2 aromatic rings. The molecule has 1 amide bonds. The Kier molecular flexibility index (Phi) is 6.65. The van der Waals surface area contributed by atoms with Crippen molar-refractivity contribution in [3.8, 4) is 5.75 Å². The van der Waals surface area contributed by atoms with E-state index in [1.165, 1.54) is 6.07 Å². The summed E-state index contributed by atoms with van der Waals surface area (Å²) in [5, 5.41) is 3.04. The lowest BCUT2D eigenvalue weighted by atomic mass is 10.3. The third kappa shape index (κ3) is 5.79. The zero-order valence-corrected chi connectivity index (χ0v) is 15.8. The van der Waals surface area contributed by atoms with Crippen molar-refractivity contribution in [2.75, 3.05) is 29.0 Å². The van der Waals surface area contributed by atoms with Gasteiger partial charge in [-0.3, -0.25) is 9.10 Å². The maximum atomic E-state index is 12.3. The zero-order valence-electron chi connectivity index (χ0n) is 14.2. The predicted molar refractivity (Wildman–Crippen MR) is 104 cm³/mol. The van der Waals surface area contributed by atoms with Gasteiger partial charge in [0.05, 0.1) is 11.9 Å². The van der Waals surface area contributed by atoms with Gasteiger partial charge in [0.1, 0.15) is 18.9 Å². The van der Waals surface area contributed by atoms with Crippen molar-refractivity contribution >= 4 is 38.9 Å². The number of benzene rings is 2. The summed E-state index contributed by atoms with van der Waals surface area (Å²) in [6.45, 7) is 3.53. The number of amides is 1. The molecule has 0 heterocycles. The second-order valence-electron chi connectivity index (χ2n) is 5.43. The number of anilines is 2. The number of carbonyl (C=O) groups excluding carboxylic acids is 1. The highest BCUT2D eigenvalue weighted by molar-refractivity contribution is 7.92. The van der Waals surface area contributed by atoms with Gasteiger partial charge in [0.2, 0.25) is 15.9 Å². The fourth-order valence-electron chi connectivity index (χ4n) is 2.18. The molecule has 6 nitrogen and oxygen atoms in total. The zero-order chi connectivity index (χ0) is 19.2. The quantitative estimate of drug-likeness (QED) is 0.697. The molecule has 2 aromatic carbocycles. The molecule has 0 atom stereocenters. The Bertz CT molecular complexity index is 900. The Hall–Kier alpha value is -2.51. The molecule has 0 saturated carbocycles. The topological polar surface area (TPSA) is 75.7 Å². The summed E-state index contributed by atoms with van der Waals surface area (Å²) < 4.78 is 30.6. The highest BCUT2D eigenvalue weighted by Gasteiger charge is 2.21. The molecule has 8 heteroatoms. The van der Waals surface area contributed by atoms with Crippen LogP contribution in [-0.4, -0.2) is 33.7 Å². The second-order valence-corrected chi connectivity index (χ2v) is 7.77. The molecule has 1 N–H and O–H groups in total. The van der Waals surface area contributed by atoms with Crippen LogP contribution in [0.3, 0.4) is 0 Å². The van der Waals surface area contributed by atoms with Crippen LogP contribution in [0.5, 0.6) is 5.75 Å². The lowest BCUT2D eigenvalue weighted by molar-refractivity contribution is -0.114. The smallest absolute Gasteiger partial charge is 0.245 e. The molecule has 0 aliphatic rings. The number of nitrogens with one attached hydrogen (secondary N) is 1. The van der Waals surface area contributed by atoms with Crippen molar-refractivity contribution in [1.29, 1.82) is 0 Å². The summed E-state index contributed by atoms with van der Waals surface area (Å²) >= 11 is 5.92. The first-order valence-corrected chi connectivity index (χ1v) is 9.89. The van der Waals surface area contributed by atoms with Gasteiger partial charge in [-0.15, -0.1) is 0 Å². The number of rotatable bonds is 8. The second kappa shape index (κ2) is 8.73. The van der Waals surface area contributed by atoms with Crippen LogP contribution in [0.25, 0.3) is 0 Å². The van der Waals surface area contributed by atoms with Gasteiger partial charge in [-0.05, 0) is 30.3 Å². The van der Waals surface area contributed by atoms with Crippen molar-refractivity contribution in [2.45, 2.75) is 0 Å². The van der Waals surface area contributed by atoms with Crippen LogP contribution in [0.1, 0.15) is 0 Å². The molecule has 0 bridgehead atoms. The van der Waals surface area contributed by atoms with E-state index in [1.54, 1.807) is 48.5 Å². The van der Waals surface area contributed by atoms with Gasteiger partial charge in [0, 0.05) is 16.8 Å². The van der Waals surface area contributed by atoms with E-state index in [1.807, 2.05) is 0 Å². The lowest BCUT2D eigenvalue weighted by Gasteiger charge is -2.22. The van der Waals surface area contributed by atoms with Crippen LogP contribution in [-0.2, 0) is 14.8 Å². The fraction of sp³-hybridized carbons (Fsp3) is 0.167. The number of ether oxygens (including phenoxy) is 1. The van der Waals surface area contributed by atoms with E-state index in [2.05, 4.69) is 11.9 Å². The van der Waals surface area contributed by atoms with E-state index in [9.17, 15) is 13.2 Å². The van der Waals surface area contributed by atoms with Crippen molar-refractivity contribution in [1.82, 2.24) is 0 Å². The lowest BCUT2D eigenvalue weighted by Crippen LogP contribution is -2.37. The first kappa shape index (κ1) is 19.8. The Morgan fingerprint density at radius 1 is 1.27 bits per heavy atom. The van der Waals surface area contributed by atoms with E-state index in [4.69, 9.17) is 16.3 Å². The SMILES string of the molecule is C=CCOc1cccc(NC(=O)CN(c2cccc(Cl)c2)S(C)(=O)=O)c1. The minimum absolute atomic E-state index is 0.318. The minimum atomic E-state index is -3.66. The number of sulfonamides is 1. The molecular weight excluding hydrogens is 376 g/mol. The summed E-state index contributed by atoms with van der Waals surface area (Å²) in [5.74, 6) is 0.0776. The van der Waals surface area contributed by atoms with Gasteiger partial charge in [-0.2, -0.15) is 0 Å². The molecule has 0 unspecified atom stereocenters. The Labute approximate surface area is 158 Å². The minimum Gasteiger partial charge on any atom is -0.489 e. The highest BCUT2D eigenvalue weighted by atomic mass is 35.5. The van der Waals surface area contributed by atoms with Gasteiger partial charge in [0.15, 0.2) is 0 Å². The van der Waals surface area contributed by atoms with Gasteiger partial charge < -0.3 is 10.1 Å². The summed E-state index contributed by atoms with van der Waals surface area (Å²) in [6.07, 6.45) is 2.64. The summed E-state index contributed by atoms with van der Waals surface area (Å²) in [5.41, 5.74) is 0.814. The van der Waals surface area contributed by atoms with Crippen LogP contribution in [0.4, 0.5) is 11.4 Å². The predicted octanol–water partition coefficient (Wildman–Crippen LogP) is 3.31. The molecule has 0 spiro atoms. The number of nitrogens with zero attached hydrogens (tertiary/aromatic N) is 1. The van der Waals surface area contributed by atoms with Crippen LogP contribution >= 0.6 is 11.6 Å². The average Bonchev–Trinajstić information content (AvgIpc) is 2.57. The third-order valence-electron chi connectivity index (χ3n) is 3.27. The van der Waals surface area contributed by atoms with E-state index in [0.717, 1.165) is 10.6 Å². The Morgan fingerprint density at radius 3 is 2.65 bits per heavy atom. The normalized spacial score (nSPS) is 10.8. The molecule has 0 fully saturated rings. The van der Waals surface area contributed by atoms with E-state index >= 15 is 0 Å². The summed E-state index contributed by atoms with van der Waals surface area (Å²) in [6, 6.07) is 13.1. The van der Waals surface area contributed by atoms with Gasteiger partial charge >= 0.3 is 0 Å². The molecule has 0 saturated heterocycles. The van der Waals surface area contributed by atoms with Crippen molar-refractivity contribution < 1.29 is 17.9 Å². The van der Waals surface area contributed by atoms with E-state index < -0.39 is 15.9 Å². The first-order valence-electron chi connectivity index (χ1n) is 7.66. The van der Waals surface area contributed by atoms with Crippen LogP contribution in [0.15, 0.2) is 61.2 Å². The van der Waals surface area contributed by atoms with Gasteiger partial charge in [-0.25, -0.2) is 8.42 Å². The summed E-state index contributed by atoms with van der Waals surface area (Å²) in [4.78, 5) is 12.3. The van der Waals surface area contributed by atoms with Crippen molar-refractivity contribution in [3.63, 3.8) is 0 Å². The number of hydrogen-bond donors (Lipinski definition) is 1. The first-order chi connectivity index (χ1) is 12.3. The number of halogens is 1. The number of carbonyl (C=O) groups is 1. The maximum Gasteiger partial charge on any atom is 0.245 e. The van der Waals surface area contributed by atoms with E-state index in [-0.39, 0.29) is 6.54 Å². The van der Waals surface area contributed by atoms with Crippen molar-refractivity contribution in [2.24, 2.45) is 0 Å². The fourth-order valence-corrected chi connectivity index (χ4v) is 3.21. The molecule has 0 aliphatic heterocycles. The highest BCUT2D eigenvalue weighted by Crippen LogP contribution is 2.22. The van der Waals surface area contributed by atoms with Crippen LogP contribution in [0, 0.1) is 0 Å². The molecule has 26 heavy (non-hydrogen) atoms. The molecule has 0 aliphatic carbocycles. The molecule has 0 aromatic heterocycles. The van der Waals surface area contributed by atoms with Crippen LogP contribution < -0.4 is 14.4 Å². The monoisotopic (exact) mass is 394 g/mol. The third-order valence-corrected chi connectivity index (χ3v) is 4.65. The molecule has 0 radical (unpaired) electrons. The van der Waals surface area contributed by atoms with Crippen molar-refractivity contribution in [3.05, 3.63) is 66.2 Å². The number of hydrogen-bond acceptors (Lipinski definition) is 4. The van der Waals surface area contributed by atoms with Gasteiger partial charge in [0.25, 0.3) is 0 Å².